The predicted octanol–water partition coefficient (Wildman–Crippen LogP) is 3.48. The summed E-state index contributed by atoms with van der Waals surface area (Å²) < 4.78 is 74.2. The Bertz CT molecular complexity index is 464. The first kappa shape index (κ1) is 13.2. The van der Waals surface area contributed by atoms with Gasteiger partial charge in [0.1, 0.15) is 6.61 Å². The topological polar surface area (TPSA) is 44.8 Å². The normalized spacial score (nSPS) is 17.2. The first-order valence-electron chi connectivity index (χ1n) is 4.71. The molecule has 0 radical (unpaired) electrons. The van der Waals surface area contributed by atoms with Gasteiger partial charge in [-0.2, -0.15) is 8.78 Å². The van der Waals surface area contributed by atoms with Crippen LogP contribution in [0.3, 0.4) is 0 Å². The summed E-state index contributed by atoms with van der Waals surface area (Å²) in [6, 6.07) is 5.82. The molecule has 0 atom stereocenters. The van der Waals surface area contributed by atoms with E-state index in [9.17, 15) is 22.1 Å². The van der Waals surface area contributed by atoms with E-state index in [2.05, 4.69) is 4.52 Å². The van der Waals surface area contributed by atoms with E-state index >= 15 is 0 Å². The molecule has 0 N–H and O–H groups in total. The highest BCUT2D eigenvalue weighted by Crippen LogP contribution is 2.59. The standard InChI is InChI=1S/C9H7F4O4P/c10-8(11)9(12,13)5-15-18(14)16-6-3-1-2-4-7(6)17-18/h1-4,8H,5H2. The van der Waals surface area contributed by atoms with Crippen LogP contribution in [0.25, 0.3) is 0 Å². The maximum absolute atomic E-state index is 12.6. The molecule has 1 heterocycles. The number of para-hydroxylation sites is 2. The van der Waals surface area contributed by atoms with Crippen molar-refractivity contribution in [1.82, 2.24) is 0 Å². The summed E-state index contributed by atoms with van der Waals surface area (Å²) in [6.07, 6.45) is -3.92. The van der Waals surface area contributed by atoms with Crippen LogP contribution < -0.4 is 9.05 Å². The zero-order valence-electron chi connectivity index (χ0n) is 8.69. The van der Waals surface area contributed by atoms with Crippen LogP contribution in [0.4, 0.5) is 17.6 Å². The van der Waals surface area contributed by atoms with Crippen molar-refractivity contribution in [1.29, 1.82) is 0 Å². The van der Waals surface area contributed by atoms with Gasteiger partial charge in [-0.1, -0.05) is 12.1 Å². The van der Waals surface area contributed by atoms with Gasteiger partial charge in [-0.3, -0.25) is 4.52 Å². The highest BCUT2D eigenvalue weighted by Gasteiger charge is 2.47. The van der Waals surface area contributed by atoms with Crippen molar-refractivity contribution in [2.24, 2.45) is 0 Å². The third-order valence-corrected chi connectivity index (χ3v) is 3.29. The Morgan fingerprint density at radius 3 is 2.17 bits per heavy atom. The van der Waals surface area contributed by atoms with Crippen LogP contribution in [0.5, 0.6) is 11.5 Å². The van der Waals surface area contributed by atoms with Gasteiger partial charge in [-0.25, -0.2) is 13.3 Å². The molecule has 0 saturated heterocycles. The molecule has 0 fully saturated rings. The van der Waals surface area contributed by atoms with Crippen LogP contribution in [0.2, 0.25) is 0 Å². The van der Waals surface area contributed by atoms with Crippen LogP contribution in [-0.4, -0.2) is 19.0 Å². The van der Waals surface area contributed by atoms with Gasteiger partial charge in [0.15, 0.2) is 11.5 Å². The summed E-state index contributed by atoms with van der Waals surface area (Å²) in [4.78, 5) is 0. The maximum Gasteiger partial charge on any atom is 0.588 e. The fourth-order valence-corrected chi connectivity index (χ4v) is 2.40. The van der Waals surface area contributed by atoms with Crippen molar-refractivity contribution >= 4 is 7.82 Å². The molecule has 1 aromatic rings. The van der Waals surface area contributed by atoms with E-state index in [-0.39, 0.29) is 11.5 Å². The van der Waals surface area contributed by atoms with Crippen molar-refractivity contribution in [3.05, 3.63) is 24.3 Å². The smallest absolute Gasteiger partial charge is 0.391 e. The summed E-state index contributed by atoms with van der Waals surface area (Å²) >= 11 is 0. The lowest BCUT2D eigenvalue weighted by atomic mass is 10.3. The lowest BCUT2D eigenvalue weighted by Crippen LogP contribution is -2.32. The predicted molar refractivity (Wildman–Crippen MR) is 52.2 cm³/mol. The summed E-state index contributed by atoms with van der Waals surface area (Å²) in [6.45, 7) is -1.75. The van der Waals surface area contributed by atoms with Gasteiger partial charge in [0.05, 0.1) is 0 Å². The molecule has 1 aliphatic heterocycles. The molecule has 1 aromatic carbocycles. The lowest BCUT2D eigenvalue weighted by Gasteiger charge is -2.16. The van der Waals surface area contributed by atoms with Crippen LogP contribution in [-0.2, 0) is 9.09 Å². The average Bonchev–Trinajstić information content (AvgIpc) is 2.63. The minimum atomic E-state index is -4.42. The minimum Gasteiger partial charge on any atom is -0.391 e. The summed E-state index contributed by atoms with van der Waals surface area (Å²) in [5.74, 6) is -4.33. The van der Waals surface area contributed by atoms with Crippen LogP contribution in [0, 0.1) is 0 Å². The number of phosphoric ester groups is 1. The zero-order valence-corrected chi connectivity index (χ0v) is 9.58. The number of halogens is 4. The molecule has 18 heavy (non-hydrogen) atoms. The molecule has 0 spiro atoms. The highest BCUT2D eigenvalue weighted by atomic mass is 31.2. The van der Waals surface area contributed by atoms with Crippen molar-refractivity contribution < 1.29 is 35.7 Å². The molecule has 0 saturated carbocycles. The number of benzene rings is 1. The molecule has 0 aliphatic carbocycles. The van der Waals surface area contributed by atoms with Gasteiger partial charge in [-0.05, 0) is 12.1 Å². The van der Waals surface area contributed by atoms with E-state index in [1.807, 2.05) is 0 Å². The van der Waals surface area contributed by atoms with E-state index in [0.717, 1.165) is 0 Å². The third-order valence-electron chi connectivity index (χ3n) is 2.00. The van der Waals surface area contributed by atoms with Gasteiger partial charge < -0.3 is 9.05 Å². The number of hydrogen-bond acceptors (Lipinski definition) is 4. The van der Waals surface area contributed by atoms with Gasteiger partial charge >= 0.3 is 20.2 Å². The van der Waals surface area contributed by atoms with Crippen LogP contribution in [0.1, 0.15) is 0 Å². The second-order valence-corrected chi connectivity index (χ2v) is 4.93. The molecule has 100 valence electrons. The number of alkyl halides is 4. The van der Waals surface area contributed by atoms with Crippen molar-refractivity contribution in [2.75, 3.05) is 6.61 Å². The van der Waals surface area contributed by atoms with E-state index < -0.39 is 26.8 Å². The molecular formula is C9H7F4O4P. The Hall–Kier alpha value is -1.27. The molecule has 0 unspecified atom stereocenters. The number of fused-ring (bicyclic) bond motifs is 1. The van der Waals surface area contributed by atoms with E-state index in [1.54, 1.807) is 0 Å². The average molecular weight is 286 g/mol. The fraction of sp³-hybridized carbons (Fsp3) is 0.333. The summed E-state index contributed by atoms with van der Waals surface area (Å²) in [7, 11) is -4.30. The van der Waals surface area contributed by atoms with E-state index in [4.69, 9.17) is 9.05 Å². The van der Waals surface area contributed by atoms with Crippen molar-refractivity contribution in [3.8, 4) is 11.5 Å². The largest absolute Gasteiger partial charge is 0.588 e. The fourth-order valence-electron chi connectivity index (χ4n) is 1.14. The van der Waals surface area contributed by atoms with Crippen LogP contribution in [0.15, 0.2) is 24.3 Å². The number of hydrogen-bond donors (Lipinski definition) is 0. The molecule has 0 bridgehead atoms. The van der Waals surface area contributed by atoms with Crippen molar-refractivity contribution in [2.45, 2.75) is 12.3 Å². The third kappa shape index (κ3) is 2.59. The molecule has 9 heteroatoms. The minimum absolute atomic E-state index is 0.0428. The lowest BCUT2D eigenvalue weighted by molar-refractivity contribution is -0.150. The van der Waals surface area contributed by atoms with E-state index in [0.29, 0.717) is 0 Å². The summed E-state index contributed by atoms with van der Waals surface area (Å²) in [5.41, 5.74) is 0. The molecule has 0 amide bonds. The monoisotopic (exact) mass is 286 g/mol. The first-order chi connectivity index (χ1) is 8.32. The highest BCUT2D eigenvalue weighted by molar-refractivity contribution is 7.49. The molecule has 2 rings (SSSR count). The second-order valence-electron chi connectivity index (χ2n) is 3.41. The quantitative estimate of drug-likeness (QED) is 0.628. The molecule has 0 aromatic heterocycles. The Balaban J connectivity index is 2.03. The van der Waals surface area contributed by atoms with Crippen LogP contribution >= 0.6 is 7.82 Å². The van der Waals surface area contributed by atoms with Gasteiger partial charge in [-0.15, -0.1) is 0 Å². The Labute approximate surface area is 99.1 Å². The van der Waals surface area contributed by atoms with Gasteiger partial charge in [0, 0.05) is 0 Å². The van der Waals surface area contributed by atoms with Crippen molar-refractivity contribution in [3.63, 3.8) is 0 Å². The van der Waals surface area contributed by atoms with Gasteiger partial charge in [0.2, 0.25) is 0 Å². The second kappa shape index (κ2) is 4.44. The summed E-state index contributed by atoms with van der Waals surface area (Å²) in [5, 5.41) is 0. The number of phosphoric acid groups is 1. The maximum atomic E-state index is 12.6. The van der Waals surface area contributed by atoms with E-state index in [1.165, 1.54) is 24.3 Å². The Kier molecular flexibility index (Phi) is 3.25. The SMILES string of the molecule is O=P1(OCC(F)(F)C(F)F)Oc2ccccc2O1. The number of rotatable bonds is 4. The molecule has 4 nitrogen and oxygen atoms in total. The van der Waals surface area contributed by atoms with Gasteiger partial charge in [0.25, 0.3) is 0 Å². The zero-order chi connectivity index (χ0) is 13.4. The Morgan fingerprint density at radius 2 is 1.72 bits per heavy atom. The molecule has 1 aliphatic rings. The molecular weight excluding hydrogens is 279 g/mol. The Morgan fingerprint density at radius 1 is 1.22 bits per heavy atom. The first-order valence-corrected chi connectivity index (χ1v) is 6.17.